The number of halogens is 2. The molecule has 9 heteroatoms. The van der Waals surface area contributed by atoms with Crippen molar-refractivity contribution in [2.24, 2.45) is 0 Å². The summed E-state index contributed by atoms with van der Waals surface area (Å²) in [5.74, 6) is -0.931. The minimum absolute atomic E-state index is 0.0181. The largest absolute Gasteiger partial charge is 0.338 e. The van der Waals surface area contributed by atoms with E-state index in [1.807, 2.05) is 12.1 Å². The normalized spacial score (nSPS) is 14.2. The fourth-order valence-electron chi connectivity index (χ4n) is 3.61. The molecule has 0 radical (unpaired) electrons. The number of aromatic nitrogens is 4. The maximum absolute atomic E-state index is 13.7. The molecule has 1 fully saturated rings. The zero-order chi connectivity index (χ0) is 23.3. The Balaban J connectivity index is 1.40. The van der Waals surface area contributed by atoms with Crippen molar-refractivity contribution in [2.45, 2.75) is 56.0 Å². The zero-order valence-corrected chi connectivity index (χ0v) is 19.2. The van der Waals surface area contributed by atoms with E-state index in [0.717, 1.165) is 30.5 Å². The summed E-state index contributed by atoms with van der Waals surface area (Å²) in [6, 6.07) is 9.93. The SMILES string of the molecule is CC(C)(C)c1ccc(-c2noc(CSc3nc4cc(F)c(F)cc4c(=O)n3C3CC3)n2)cc1. The van der Waals surface area contributed by atoms with Gasteiger partial charge >= 0.3 is 0 Å². The van der Waals surface area contributed by atoms with Crippen molar-refractivity contribution in [2.75, 3.05) is 0 Å². The van der Waals surface area contributed by atoms with Crippen LogP contribution in [0, 0.1) is 11.6 Å². The Morgan fingerprint density at radius 2 is 1.79 bits per heavy atom. The predicted molar refractivity (Wildman–Crippen MR) is 122 cm³/mol. The highest BCUT2D eigenvalue weighted by Crippen LogP contribution is 2.37. The molecule has 170 valence electrons. The fourth-order valence-corrected chi connectivity index (χ4v) is 4.51. The Bertz CT molecular complexity index is 1400. The van der Waals surface area contributed by atoms with Crippen LogP contribution in [0.15, 0.2) is 50.9 Å². The van der Waals surface area contributed by atoms with Crippen LogP contribution in [0.4, 0.5) is 8.78 Å². The standard InChI is InChI=1S/C24H22F2N4O2S/c1-24(2,3)14-6-4-13(5-7-14)21-28-20(32-29-21)12-33-23-27-19-11-18(26)17(25)10-16(19)22(31)30(23)15-8-9-15/h4-7,10-11,15H,8-9,12H2,1-3H3. The molecular formula is C24H22F2N4O2S. The van der Waals surface area contributed by atoms with Crippen molar-refractivity contribution in [1.82, 2.24) is 19.7 Å². The molecule has 4 aromatic rings. The minimum Gasteiger partial charge on any atom is -0.338 e. The van der Waals surface area contributed by atoms with E-state index in [1.165, 1.54) is 17.3 Å². The van der Waals surface area contributed by atoms with Crippen LogP contribution in [0.2, 0.25) is 0 Å². The molecule has 0 unspecified atom stereocenters. The van der Waals surface area contributed by atoms with Gasteiger partial charge in [0.25, 0.3) is 5.56 Å². The fraction of sp³-hybridized carbons (Fsp3) is 0.333. The van der Waals surface area contributed by atoms with E-state index in [-0.39, 0.29) is 27.9 Å². The maximum atomic E-state index is 13.7. The highest BCUT2D eigenvalue weighted by Gasteiger charge is 2.29. The van der Waals surface area contributed by atoms with E-state index < -0.39 is 11.6 Å². The van der Waals surface area contributed by atoms with Crippen LogP contribution in [0.3, 0.4) is 0 Å². The molecule has 6 nitrogen and oxygen atoms in total. The molecule has 0 saturated heterocycles. The molecular weight excluding hydrogens is 446 g/mol. The Morgan fingerprint density at radius 3 is 2.45 bits per heavy atom. The van der Waals surface area contributed by atoms with E-state index >= 15 is 0 Å². The van der Waals surface area contributed by atoms with Crippen LogP contribution < -0.4 is 5.56 Å². The maximum Gasteiger partial charge on any atom is 0.262 e. The predicted octanol–water partition coefficient (Wildman–Crippen LogP) is 5.65. The van der Waals surface area contributed by atoms with Crippen LogP contribution in [0.1, 0.15) is 51.1 Å². The van der Waals surface area contributed by atoms with Gasteiger partial charge < -0.3 is 4.52 Å². The second-order valence-corrected chi connectivity index (χ2v) is 10.2. The molecule has 0 amide bonds. The smallest absolute Gasteiger partial charge is 0.262 e. The highest BCUT2D eigenvalue weighted by molar-refractivity contribution is 7.98. The van der Waals surface area contributed by atoms with Crippen LogP contribution in [0.5, 0.6) is 0 Å². The Kier molecular flexibility index (Phi) is 5.31. The van der Waals surface area contributed by atoms with Gasteiger partial charge in [0.15, 0.2) is 16.8 Å². The lowest BCUT2D eigenvalue weighted by Gasteiger charge is -2.18. The topological polar surface area (TPSA) is 73.8 Å². The van der Waals surface area contributed by atoms with Crippen molar-refractivity contribution in [1.29, 1.82) is 0 Å². The lowest BCUT2D eigenvalue weighted by molar-refractivity contribution is 0.391. The first-order chi connectivity index (χ1) is 15.7. The summed E-state index contributed by atoms with van der Waals surface area (Å²) < 4.78 is 34.4. The zero-order valence-electron chi connectivity index (χ0n) is 18.4. The summed E-state index contributed by atoms with van der Waals surface area (Å²) in [4.78, 5) is 21.9. The molecule has 2 aromatic carbocycles. The second kappa shape index (κ2) is 8.06. The van der Waals surface area contributed by atoms with Crippen LogP contribution in [0.25, 0.3) is 22.3 Å². The molecule has 2 heterocycles. The number of hydrogen-bond acceptors (Lipinski definition) is 6. The first kappa shape index (κ1) is 21.8. The number of thioether (sulfide) groups is 1. The molecule has 1 aliphatic rings. The quantitative estimate of drug-likeness (QED) is 0.278. The molecule has 0 bridgehead atoms. The van der Waals surface area contributed by atoms with Gasteiger partial charge in [0.05, 0.1) is 16.7 Å². The van der Waals surface area contributed by atoms with Crippen LogP contribution in [-0.2, 0) is 11.2 Å². The van der Waals surface area contributed by atoms with Gasteiger partial charge in [0, 0.05) is 17.7 Å². The molecule has 0 spiro atoms. The van der Waals surface area contributed by atoms with Gasteiger partial charge in [-0.1, -0.05) is 62.0 Å². The lowest BCUT2D eigenvalue weighted by Crippen LogP contribution is -2.22. The number of benzene rings is 2. The van der Waals surface area contributed by atoms with Gasteiger partial charge in [-0.25, -0.2) is 13.8 Å². The summed E-state index contributed by atoms with van der Waals surface area (Å²) >= 11 is 1.26. The molecule has 0 atom stereocenters. The molecule has 1 saturated carbocycles. The van der Waals surface area contributed by atoms with Crippen molar-refractivity contribution < 1.29 is 13.3 Å². The molecule has 33 heavy (non-hydrogen) atoms. The summed E-state index contributed by atoms with van der Waals surface area (Å²) in [5, 5.41) is 4.57. The van der Waals surface area contributed by atoms with Gasteiger partial charge in [0.2, 0.25) is 11.7 Å². The minimum atomic E-state index is -1.06. The number of hydrogen-bond donors (Lipinski definition) is 0. The average molecular weight is 469 g/mol. The summed E-state index contributed by atoms with van der Waals surface area (Å²) in [6.45, 7) is 6.45. The Morgan fingerprint density at radius 1 is 1.09 bits per heavy atom. The monoisotopic (exact) mass is 468 g/mol. The highest BCUT2D eigenvalue weighted by atomic mass is 32.2. The van der Waals surface area contributed by atoms with Gasteiger partial charge in [-0.15, -0.1) is 0 Å². The van der Waals surface area contributed by atoms with Crippen molar-refractivity contribution in [3.8, 4) is 11.4 Å². The van der Waals surface area contributed by atoms with Crippen molar-refractivity contribution in [3.63, 3.8) is 0 Å². The van der Waals surface area contributed by atoms with Crippen molar-refractivity contribution >= 4 is 22.7 Å². The van der Waals surface area contributed by atoms with Gasteiger partial charge in [-0.05, 0) is 29.9 Å². The first-order valence-corrected chi connectivity index (χ1v) is 11.7. The van der Waals surface area contributed by atoms with Crippen LogP contribution in [-0.4, -0.2) is 19.7 Å². The molecule has 0 aliphatic heterocycles. The third kappa shape index (κ3) is 4.29. The van der Waals surface area contributed by atoms with Gasteiger partial charge in [-0.3, -0.25) is 9.36 Å². The summed E-state index contributed by atoms with van der Waals surface area (Å²) in [5.41, 5.74) is 1.87. The summed E-state index contributed by atoms with van der Waals surface area (Å²) in [6.07, 6.45) is 1.69. The van der Waals surface area contributed by atoms with Crippen LogP contribution >= 0.6 is 11.8 Å². The third-order valence-electron chi connectivity index (χ3n) is 5.62. The second-order valence-electron chi connectivity index (χ2n) is 9.21. The molecule has 5 rings (SSSR count). The number of fused-ring (bicyclic) bond motifs is 1. The number of nitrogens with zero attached hydrogens (tertiary/aromatic N) is 4. The lowest BCUT2D eigenvalue weighted by atomic mass is 9.87. The third-order valence-corrected chi connectivity index (χ3v) is 6.56. The van der Waals surface area contributed by atoms with E-state index in [4.69, 9.17) is 4.52 Å². The van der Waals surface area contributed by atoms with Gasteiger partial charge in [0.1, 0.15) is 0 Å². The van der Waals surface area contributed by atoms with Gasteiger partial charge in [-0.2, -0.15) is 4.98 Å². The van der Waals surface area contributed by atoms with E-state index in [0.29, 0.717) is 22.6 Å². The molecule has 2 aromatic heterocycles. The number of rotatable bonds is 5. The Hall–Kier alpha value is -3.07. The first-order valence-electron chi connectivity index (χ1n) is 10.7. The van der Waals surface area contributed by atoms with E-state index in [2.05, 4.69) is 48.0 Å². The molecule has 1 aliphatic carbocycles. The van der Waals surface area contributed by atoms with Crippen molar-refractivity contribution in [3.05, 3.63) is 69.8 Å². The average Bonchev–Trinajstić information content (AvgIpc) is 3.49. The Labute approximate surface area is 193 Å². The molecule has 0 N–H and O–H groups in total. The van der Waals surface area contributed by atoms with E-state index in [1.54, 1.807) is 4.57 Å². The summed E-state index contributed by atoms with van der Waals surface area (Å²) in [7, 11) is 0. The van der Waals surface area contributed by atoms with E-state index in [9.17, 15) is 13.6 Å².